The summed E-state index contributed by atoms with van der Waals surface area (Å²) in [6.07, 6.45) is 0. The van der Waals surface area contributed by atoms with E-state index in [4.69, 9.17) is 16.9 Å². The molecule has 0 radical (unpaired) electrons. The van der Waals surface area contributed by atoms with Crippen molar-refractivity contribution in [2.75, 3.05) is 32.6 Å². The fraction of sp³-hybridized carbons (Fsp3) is 0.364. The SMILES string of the molecule is CN(C)C(=O)CN(C)c1cc(C#N)cc(Cl)n1. The lowest BCUT2D eigenvalue weighted by molar-refractivity contribution is -0.127. The lowest BCUT2D eigenvalue weighted by Crippen LogP contribution is -2.34. The first kappa shape index (κ1) is 13.3. The van der Waals surface area contributed by atoms with E-state index < -0.39 is 0 Å². The monoisotopic (exact) mass is 252 g/mol. The molecule has 17 heavy (non-hydrogen) atoms. The number of likely N-dealkylation sites (N-methyl/N-ethyl adjacent to an activating group) is 2. The zero-order chi connectivity index (χ0) is 13.0. The number of aromatic nitrogens is 1. The van der Waals surface area contributed by atoms with Crippen molar-refractivity contribution in [3.8, 4) is 6.07 Å². The second-order valence-corrected chi connectivity index (χ2v) is 4.18. The lowest BCUT2D eigenvalue weighted by atomic mass is 10.3. The second-order valence-electron chi connectivity index (χ2n) is 3.79. The van der Waals surface area contributed by atoms with Gasteiger partial charge in [-0.15, -0.1) is 0 Å². The van der Waals surface area contributed by atoms with Gasteiger partial charge in [0.25, 0.3) is 0 Å². The van der Waals surface area contributed by atoms with Crippen LogP contribution in [0, 0.1) is 11.3 Å². The molecule has 1 aromatic heterocycles. The minimum Gasteiger partial charge on any atom is -0.350 e. The maximum atomic E-state index is 11.5. The highest BCUT2D eigenvalue weighted by molar-refractivity contribution is 6.29. The third kappa shape index (κ3) is 3.61. The van der Waals surface area contributed by atoms with Gasteiger partial charge in [-0.1, -0.05) is 11.6 Å². The van der Waals surface area contributed by atoms with Crippen LogP contribution < -0.4 is 4.90 Å². The number of carbonyl (C=O) groups excluding carboxylic acids is 1. The van der Waals surface area contributed by atoms with Crippen LogP contribution in [0.25, 0.3) is 0 Å². The molecule has 0 bridgehead atoms. The summed E-state index contributed by atoms with van der Waals surface area (Å²) < 4.78 is 0. The molecule has 0 atom stereocenters. The molecule has 0 aliphatic heterocycles. The Balaban J connectivity index is 2.89. The number of nitriles is 1. The molecule has 0 spiro atoms. The quantitative estimate of drug-likeness (QED) is 0.757. The Bertz CT molecular complexity index is 467. The van der Waals surface area contributed by atoms with E-state index in [-0.39, 0.29) is 17.6 Å². The zero-order valence-corrected chi connectivity index (χ0v) is 10.7. The van der Waals surface area contributed by atoms with Crippen molar-refractivity contribution in [2.24, 2.45) is 0 Å². The Labute approximate surface area is 105 Å². The first-order valence-electron chi connectivity index (χ1n) is 4.93. The molecule has 0 unspecified atom stereocenters. The van der Waals surface area contributed by atoms with E-state index in [9.17, 15) is 4.79 Å². The highest BCUT2D eigenvalue weighted by Gasteiger charge is 2.11. The van der Waals surface area contributed by atoms with Crippen LogP contribution in [0.5, 0.6) is 0 Å². The number of hydrogen-bond acceptors (Lipinski definition) is 4. The van der Waals surface area contributed by atoms with Crippen molar-refractivity contribution >= 4 is 23.3 Å². The molecule has 5 nitrogen and oxygen atoms in total. The molecule has 0 saturated carbocycles. The average Bonchev–Trinajstić information content (AvgIpc) is 2.27. The maximum Gasteiger partial charge on any atom is 0.241 e. The minimum atomic E-state index is -0.0483. The van der Waals surface area contributed by atoms with Gasteiger partial charge in [-0.2, -0.15) is 5.26 Å². The molecular weight excluding hydrogens is 240 g/mol. The second kappa shape index (κ2) is 5.51. The summed E-state index contributed by atoms with van der Waals surface area (Å²) in [4.78, 5) is 18.7. The van der Waals surface area contributed by atoms with Crippen LogP contribution in [0.2, 0.25) is 5.15 Å². The molecule has 1 amide bonds. The van der Waals surface area contributed by atoms with E-state index in [1.165, 1.54) is 11.0 Å². The van der Waals surface area contributed by atoms with Crippen LogP contribution in [0.3, 0.4) is 0 Å². The van der Waals surface area contributed by atoms with Gasteiger partial charge in [0.05, 0.1) is 18.2 Å². The van der Waals surface area contributed by atoms with Crippen LogP contribution in [0.15, 0.2) is 12.1 Å². The largest absolute Gasteiger partial charge is 0.350 e. The Hall–Kier alpha value is -1.80. The molecule has 0 saturated heterocycles. The molecule has 1 aromatic rings. The fourth-order valence-electron chi connectivity index (χ4n) is 1.17. The lowest BCUT2D eigenvalue weighted by Gasteiger charge is -2.20. The normalized spacial score (nSPS) is 9.59. The van der Waals surface area contributed by atoms with Gasteiger partial charge in [0.2, 0.25) is 5.91 Å². The molecule has 0 aliphatic carbocycles. The molecule has 0 fully saturated rings. The Kier molecular flexibility index (Phi) is 4.30. The van der Waals surface area contributed by atoms with E-state index in [0.717, 1.165) is 0 Å². The summed E-state index contributed by atoms with van der Waals surface area (Å²) in [7, 11) is 5.09. The Morgan fingerprint density at radius 3 is 2.65 bits per heavy atom. The van der Waals surface area contributed by atoms with Crippen molar-refractivity contribution in [1.82, 2.24) is 9.88 Å². The van der Waals surface area contributed by atoms with Crippen LogP contribution >= 0.6 is 11.6 Å². The van der Waals surface area contributed by atoms with Crippen molar-refractivity contribution in [3.63, 3.8) is 0 Å². The van der Waals surface area contributed by atoms with Crippen molar-refractivity contribution in [1.29, 1.82) is 5.26 Å². The molecule has 1 rings (SSSR count). The predicted molar refractivity (Wildman–Crippen MR) is 65.9 cm³/mol. The number of pyridine rings is 1. The summed E-state index contributed by atoms with van der Waals surface area (Å²) in [5.41, 5.74) is 0.421. The van der Waals surface area contributed by atoms with E-state index in [1.54, 1.807) is 32.1 Å². The number of rotatable bonds is 3. The van der Waals surface area contributed by atoms with Gasteiger partial charge in [-0.3, -0.25) is 4.79 Å². The number of halogens is 1. The van der Waals surface area contributed by atoms with Crippen LogP contribution in [0.4, 0.5) is 5.82 Å². The van der Waals surface area contributed by atoms with E-state index in [0.29, 0.717) is 11.4 Å². The van der Waals surface area contributed by atoms with Crippen LogP contribution in [-0.2, 0) is 4.79 Å². The molecule has 0 N–H and O–H groups in total. The number of anilines is 1. The molecule has 0 aliphatic rings. The van der Waals surface area contributed by atoms with E-state index in [1.807, 2.05) is 6.07 Å². The number of nitrogens with zero attached hydrogens (tertiary/aromatic N) is 4. The van der Waals surface area contributed by atoms with Gasteiger partial charge in [-0.05, 0) is 12.1 Å². The van der Waals surface area contributed by atoms with Gasteiger partial charge < -0.3 is 9.80 Å². The highest BCUT2D eigenvalue weighted by Crippen LogP contribution is 2.16. The highest BCUT2D eigenvalue weighted by atomic mass is 35.5. The zero-order valence-electron chi connectivity index (χ0n) is 9.94. The smallest absolute Gasteiger partial charge is 0.241 e. The minimum absolute atomic E-state index is 0.0483. The predicted octanol–water partition coefficient (Wildman–Crippen LogP) is 1.13. The van der Waals surface area contributed by atoms with E-state index >= 15 is 0 Å². The number of carbonyl (C=O) groups is 1. The van der Waals surface area contributed by atoms with Gasteiger partial charge in [0.15, 0.2) is 0 Å². The van der Waals surface area contributed by atoms with Crippen LogP contribution in [0.1, 0.15) is 5.56 Å². The summed E-state index contributed by atoms with van der Waals surface area (Å²) in [6, 6.07) is 5.06. The van der Waals surface area contributed by atoms with Gasteiger partial charge in [-0.25, -0.2) is 4.98 Å². The summed E-state index contributed by atoms with van der Waals surface area (Å²) in [5.74, 6) is 0.456. The maximum absolute atomic E-state index is 11.5. The standard InChI is InChI=1S/C11H13ClN4O/c1-15(2)11(17)7-16(3)10-5-8(6-13)4-9(12)14-10/h4-5H,7H2,1-3H3. The first-order chi connectivity index (χ1) is 7.93. The Morgan fingerprint density at radius 1 is 1.47 bits per heavy atom. The summed E-state index contributed by atoms with van der Waals surface area (Å²) in [5, 5.41) is 9.05. The molecular formula is C11H13ClN4O. The topological polar surface area (TPSA) is 60.2 Å². The van der Waals surface area contributed by atoms with Gasteiger partial charge >= 0.3 is 0 Å². The third-order valence-corrected chi connectivity index (χ3v) is 2.37. The summed E-state index contributed by atoms with van der Waals surface area (Å²) >= 11 is 5.79. The molecule has 1 heterocycles. The Morgan fingerprint density at radius 2 is 2.12 bits per heavy atom. The fourth-order valence-corrected chi connectivity index (χ4v) is 1.37. The van der Waals surface area contributed by atoms with Gasteiger partial charge in [0, 0.05) is 21.1 Å². The molecule has 6 heteroatoms. The van der Waals surface area contributed by atoms with E-state index in [2.05, 4.69) is 4.98 Å². The van der Waals surface area contributed by atoms with Gasteiger partial charge in [0.1, 0.15) is 11.0 Å². The average molecular weight is 253 g/mol. The van der Waals surface area contributed by atoms with Crippen molar-refractivity contribution in [3.05, 3.63) is 22.8 Å². The molecule has 0 aromatic carbocycles. The van der Waals surface area contributed by atoms with Crippen LogP contribution in [-0.4, -0.2) is 43.5 Å². The number of hydrogen-bond donors (Lipinski definition) is 0. The number of amides is 1. The first-order valence-corrected chi connectivity index (χ1v) is 5.31. The van der Waals surface area contributed by atoms with Crippen molar-refractivity contribution in [2.45, 2.75) is 0 Å². The summed E-state index contributed by atoms with van der Waals surface area (Å²) in [6.45, 7) is 0.186. The third-order valence-electron chi connectivity index (χ3n) is 2.17. The molecule has 90 valence electrons. The van der Waals surface area contributed by atoms with Crippen molar-refractivity contribution < 1.29 is 4.79 Å².